The number of hydrogen-bond acceptors (Lipinski definition) is 5. The zero-order valence-electron chi connectivity index (χ0n) is 16.2. The van der Waals surface area contributed by atoms with Crippen LogP contribution in [0.1, 0.15) is 64.8 Å². The molecule has 2 rings (SSSR count). The van der Waals surface area contributed by atoms with Gasteiger partial charge in [0.05, 0.1) is 28.1 Å². The normalized spacial score (nSPS) is 18.7. The second-order valence-electron chi connectivity index (χ2n) is 8.57. The van der Waals surface area contributed by atoms with Gasteiger partial charge in [0, 0.05) is 24.8 Å². The summed E-state index contributed by atoms with van der Waals surface area (Å²) in [6, 6.07) is 0. The highest BCUT2D eigenvalue weighted by Gasteiger charge is 2.35. The van der Waals surface area contributed by atoms with E-state index in [2.05, 4.69) is 39.7 Å². The fourth-order valence-corrected chi connectivity index (χ4v) is 3.74. The first-order valence-electron chi connectivity index (χ1n) is 8.89. The highest BCUT2D eigenvalue weighted by Crippen LogP contribution is 2.41. The Labute approximate surface area is 163 Å². The monoisotopic (exact) mass is 428 g/mol. The number of aromatic nitrogens is 1. The Kier molecular flexibility index (Phi) is 6.36. The number of pyridine rings is 1. The van der Waals surface area contributed by atoms with Crippen LogP contribution in [0.25, 0.3) is 0 Å². The van der Waals surface area contributed by atoms with Crippen LogP contribution < -0.4 is 4.90 Å². The lowest BCUT2D eigenvalue weighted by atomic mass is 9.82. The van der Waals surface area contributed by atoms with Crippen LogP contribution in [-0.2, 0) is 16.1 Å². The van der Waals surface area contributed by atoms with E-state index in [1.807, 2.05) is 20.8 Å². The molecular weight excluding hydrogens is 400 g/mol. The molecule has 1 saturated heterocycles. The molecule has 146 valence electrons. The highest BCUT2D eigenvalue weighted by atomic mass is 79.9. The lowest BCUT2D eigenvalue weighted by Gasteiger charge is -2.40. The van der Waals surface area contributed by atoms with Gasteiger partial charge in [-0.1, -0.05) is 13.8 Å². The number of aliphatic hydroxyl groups is 1. The van der Waals surface area contributed by atoms with Gasteiger partial charge in [-0.05, 0) is 55.0 Å². The summed E-state index contributed by atoms with van der Waals surface area (Å²) in [6.45, 7) is 11.2. The number of nitrogens with zero attached hydrogens (tertiary/aromatic N) is 2. The second kappa shape index (κ2) is 7.82. The van der Waals surface area contributed by atoms with Gasteiger partial charge in [-0.2, -0.15) is 0 Å². The van der Waals surface area contributed by atoms with E-state index in [9.17, 15) is 15.0 Å². The Morgan fingerprint density at radius 2 is 1.96 bits per heavy atom. The molecule has 0 saturated carbocycles. The van der Waals surface area contributed by atoms with Crippen LogP contribution in [-0.4, -0.2) is 39.9 Å². The molecule has 0 spiro atoms. The Bertz CT molecular complexity index is 660. The van der Waals surface area contributed by atoms with Crippen molar-refractivity contribution in [2.45, 2.75) is 65.8 Å². The number of carboxylic acid groups (broad SMARTS) is 1. The predicted octanol–water partition coefficient (Wildman–Crippen LogP) is 3.90. The molecule has 26 heavy (non-hydrogen) atoms. The molecule has 0 aliphatic carbocycles. The zero-order valence-corrected chi connectivity index (χ0v) is 17.8. The molecule has 1 aliphatic rings. The number of ether oxygens (including phenoxy) is 1. The van der Waals surface area contributed by atoms with Crippen molar-refractivity contribution in [1.82, 2.24) is 4.98 Å². The van der Waals surface area contributed by atoms with E-state index in [0.29, 0.717) is 15.7 Å². The maximum Gasteiger partial charge on any atom is 0.337 e. The molecule has 0 bridgehead atoms. The minimum absolute atomic E-state index is 0.268. The number of piperidine rings is 1. The molecule has 0 aromatic carbocycles. The van der Waals surface area contributed by atoms with Crippen molar-refractivity contribution in [3.05, 3.63) is 21.9 Å². The summed E-state index contributed by atoms with van der Waals surface area (Å²) < 4.78 is 6.57. The van der Waals surface area contributed by atoms with Crippen LogP contribution in [0.4, 0.5) is 5.69 Å². The standard InChI is InChI=1S/C19H29BrN2O4/c1-18(2,3)26-16(17(24)25)14-13(11-23)21-10-12(20)15(14)22-8-6-19(4,5)7-9-22/h10,16,23H,6-9,11H2,1-5H3,(H,24,25). The minimum Gasteiger partial charge on any atom is -0.479 e. The number of anilines is 1. The maximum atomic E-state index is 12.0. The smallest absolute Gasteiger partial charge is 0.337 e. The molecule has 0 amide bonds. The molecule has 2 heterocycles. The van der Waals surface area contributed by atoms with E-state index in [-0.39, 0.29) is 12.0 Å². The Morgan fingerprint density at radius 1 is 1.38 bits per heavy atom. The Balaban J connectivity index is 2.55. The maximum absolute atomic E-state index is 12.0. The van der Waals surface area contributed by atoms with Gasteiger partial charge >= 0.3 is 5.97 Å². The number of aliphatic carboxylic acids is 1. The number of hydrogen-bond donors (Lipinski definition) is 2. The Hall–Kier alpha value is -1.18. The van der Waals surface area contributed by atoms with Crippen LogP contribution in [0.15, 0.2) is 10.7 Å². The van der Waals surface area contributed by atoms with Crippen molar-refractivity contribution in [2.24, 2.45) is 5.41 Å². The summed E-state index contributed by atoms with van der Waals surface area (Å²) in [4.78, 5) is 18.4. The lowest BCUT2D eigenvalue weighted by Crippen LogP contribution is -2.39. The highest BCUT2D eigenvalue weighted by molar-refractivity contribution is 9.10. The molecule has 6 nitrogen and oxygen atoms in total. The molecule has 1 fully saturated rings. The number of halogens is 1. The van der Waals surface area contributed by atoms with Gasteiger partial charge in [0.2, 0.25) is 0 Å². The van der Waals surface area contributed by atoms with E-state index in [0.717, 1.165) is 31.6 Å². The van der Waals surface area contributed by atoms with Crippen molar-refractivity contribution in [3.63, 3.8) is 0 Å². The number of carbonyl (C=O) groups is 1. The summed E-state index contributed by atoms with van der Waals surface area (Å²) in [5, 5.41) is 19.6. The summed E-state index contributed by atoms with van der Waals surface area (Å²) in [6.07, 6.45) is 2.44. The van der Waals surface area contributed by atoms with E-state index >= 15 is 0 Å². The topological polar surface area (TPSA) is 82.9 Å². The molecule has 1 aromatic rings. The molecular formula is C19H29BrN2O4. The van der Waals surface area contributed by atoms with Crippen LogP contribution in [0.5, 0.6) is 0 Å². The number of aliphatic hydroxyl groups excluding tert-OH is 1. The van der Waals surface area contributed by atoms with Gasteiger partial charge in [-0.15, -0.1) is 0 Å². The summed E-state index contributed by atoms with van der Waals surface area (Å²) in [5.41, 5.74) is 1.15. The molecule has 0 radical (unpaired) electrons. The molecule has 1 atom stereocenters. The first-order valence-corrected chi connectivity index (χ1v) is 9.68. The second-order valence-corrected chi connectivity index (χ2v) is 9.43. The Morgan fingerprint density at radius 3 is 2.42 bits per heavy atom. The third kappa shape index (κ3) is 4.96. The summed E-state index contributed by atoms with van der Waals surface area (Å²) >= 11 is 3.54. The van der Waals surface area contributed by atoms with Crippen molar-refractivity contribution < 1.29 is 19.7 Å². The summed E-state index contributed by atoms with van der Waals surface area (Å²) in [7, 11) is 0. The fourth-order valence-electron chi connectivity index (χ4n) is 3.18. The zero-order chi connectivity index (χ0) is 19.7. The van der Waals surface area contributed by atoms with Gasteiger partial charge < -0.3 is 19.8 Å². The van der Waals surface area contributed by atoms with Crippen LogP contribution in [0.3, 0.4) is 0 Å². The van der Waals surface area contributed by atoms with Gasteiger partial charge in [-0.3, -0.25) is 4.98 Å². The van der Waals surface area contributed by atoms with E-state index in [1.54, 1.807) is 6.20 Å². The largest absolute Gasteiger partial charge is 0.479 e. The molecule has 7 heteroatoms. The molecule has 1 aliphatic heterocycles. The van der Waals surface area contributed by atoms with E-state index < -0.39 is 17.7 Å². The molecule has 1 aromatic heterocycles. The average molecular weight is 429 g/mol. The molecule has 1 unspecified atom stereocenters. The minimum atomic E-state index is -1.20. The van der Waals surface area contributed by atoms with Crippen LogP contribution in [0.2, 0.25) is 0 Å². The number of carboxylic acids is 1. The number of rotatable bonds is 5. The van der Waals surface area contributed by atoms with Crippen molar-refractivity contribution in [2.75, 3.05) is 18.0 Å². The van der Waals surface area contributed by atoms with Crippen LogP contribution >= 0.6 is 15.9 Å². The average Bonchev–Trinajstić information content (AvgIpc) is 2.52. The van der Waals surface area contributed by atoms with Crippen LogP contribution in [0, 0.1) is 5.41 Å². The van der Waals surface area contributed by atoms with Crippen molar-refractivity contribution >= 4 is 27.6 Å². The van der Waals surface area contributed by atoms with Gasteiger partial charge in [0.15, 0.2) is 6.10 Å². The fraction of sp³-hybridized carbons (Fsp3) is 0.684. The van der Waals surface area contributed by atoms with Gasteiger partial charge in [0.25, 0.3) is 0 Å². The third-order valence-corrected chi connectivity index (χ3v) is 5.25. The van der Waals surface area contributed by atoms with E-state index in [4.69, 9.17) is 4.74 Å². The molecule has 2 N–H and O–H groups in total. The van der Waals surface area contributed by atoms with Crippen molar-refractivity contribution in [3.8, 4) is 0 Å². The van der Waals surface area contributed by atoms with E-state index in [1.165, 1.54) is 0 Å². The first kappa shape index (κ1) is 21.1. The SMILES string of the molecule is CC1(C)CCN(c2c(Br)cnc(CO)c2C(OC(C)(C)C)C(=O)O)CC1. The van der Waals surface area contributed by atoms with Gasteiger partial charge in [-0.25, -0.2) is 4.79 Å². The van der Waals surface area contributed by atoms with Crippen molar-refractivity contribution in [1.29, 1.82) is 0 Å². The summed E-state index contributed by atoms with van der Waals surface area (Å²) in [5.74, 6) is -1.09. The predicted molar refractivity (Wildman–Crippen MR) is 104 cm³/mol. The third-order valence-electron chi connectivity index (χ3n) is 4.67. The first-order chi connectivity index (χ1) is 11.9. The lowest BCUT2D eigenvalue weighted by molar-refractivity contribution is -0.160. The van der Waals surface area contributed by atoms with Gasteiger partial charge in [0.1, 0.15) is 0 Å². The quantitative estimate of drug-likeness (QED) is 0.739.